The minimum Gasteiger partial charge on any atom is -0.385 e. The molecule has 0 heterocycles. The molecule has 0 fully saturated rings. The van der Waals surface area contributed by atoms with Crippen LogP contribution in [0.1, 0.15) is 8.35 Å². The molecular weight excluding hydrogens is 424 g/mol. The third-order valence-electron chi connectivity index (χ3n) is 1.26. The molecule has 1 aromatic rings. The average Bonchev–Trinajstić information content (AvgIpc) is 2.33. The Morgan fingerprint density at radius 1 is 1.40 bits per heavy atom. The topological polar surface area (TPSA) is 52.4 Å². The van der Waals surface area contributed by atoms with Gasteiger partial charge in [-0.3, -0.25) is 10.1 Å². The van der Waals surface area contributed by atoms with Gasteiger partial charge in [-0.1, -0.05) is 18.2 Å². The van der Waals surface area contributed by atoms with Gasteiger partial charge in [-0.25, -0.2) is 0 Å². The van der Waals surface area contributed by atoms with Crippen molar-refractivity contribution < 1.29 is 11.1 Å². The van der Waals surface area contributed by atoms with Crippen molar-refractivity contribution >= 4 is 42.9 Å². The fourth-order valence-corrected chi connectivity index (χ4v) is 0.550. The van der Waals surface area contributed by atoms with E-state index in [2.05, 4.69) is 42.0 Å². The quantitative estimate of drug-likeness (QED) is 0.393. The summed E-state index contributed by atoms with van der Waals surface area (Å²) in [5.74, 6) is 0. The minimum atomic E-state index is -0.417. The zero-order valence-electron chi connectivity index (χ0n) is 8.52. The van der Waals surface area contributed by atoms with Crippen molar-refractivity contribution in [2.45, 2.75) is 6.92 Å². The number of ether oxygens (including phenoxy) is 1. The van der Waals surface area contributed by atoms with Crippen LogP contribution in [-0.4, -0.2) is 18.6 Å². The van der Waals surface area contributed by atoms with E-state index in [1.165, 1.54) is 12.1 Å². The highest BCUT2D eigenvalue weighted by Gasteiger charge is 1.98. The Hall–Kier alpha value is 0.0400. The fourth-order valence-electron chi connectivity index (χ4n) is 0.550. The number of benzene rings is 1. The van der Waals surface area contributed by atoms with E-state index in [-0.39, 0.29) is 7.11 Å². The number of nitro groups is 1. The second-order valence-electron chi connectivity index (χ2n) is 2.17. The molecule has 0 radical (unpaired) electrons. The van der Waals surface area contributed by atoms with Crippen LogP contribution in [0.3, 0.4) is 0 Å². The van der Waals surface area contributed by atoms with Gasteiger partial charge in [0.2, 0.25) is 0 Å². The van der Waals surface area contributed by atoms with Crippen LogP contribution in [0.5, 0.6) is 0 Å². The summed E-state index contributed by atoms with van der Waals surface area (Å²) in [5.41, 5.74) is 0.137. The van der Waals surface area contributed by atoms with Crippen molar-refractivity contribution in [3.05, 3.63) is 40.4 Å². The Morgan fingerprint density at radius 2 is 1.80 bits per heavy atom. The monoisotopic (exact) mass is 439 g/mol. The molecule has 0 amide bonds. The highest BCUT2D eigenvalue weighted by Crippen LogP contribution is 2.06. The van der Waals surface area contributed by atoms with E-state index in [0.29, 0.717) is 0 Å². The molecule has 0 aliphatic rings. The van der Waals surface area contributed by atoms with Crippen LogP contribution in [-0.2, 0) is 4.74 Å². The Morgan fingerprint density at radius 3 is 2.00 bits per heavy atom. The number of non-ortho nitro benzene ring substituents is 1. The standard InChI is InChI=1S/C6H5NO2.C3H8O.I2.H2/c8-7(9)6-4-2-1-3-5-6;1-3-4-2;1-2;/h1-5H;3H2,1-2H3;;1H. The van der Waals surface area contributed by atoms with Gasteiger partial charge >= 0.3 is 0 Å². The maximum absolute atomic E-state index is 10.0. The first-order chi connectivity index (χ1) is 7.22. The zero-order valence-corrected chi connectivity index (χ0v) is 12.8. The Kier molecular flexibility index (Phi) is 16.3. The fraction of sp³-hybridized carbons (Fsp3) is 0.333. The smallest absolute Gasteiger partial charge is 0.269 e. The second kappa shape index (κ2) is 14.0. The molecule has 0 aromatic heterocycles. The maximum atomic E-state index is 10.0. The molecule has 4 nitrogen and oxygen atoms in total. The lowest BCUT2D eigenvalue weighted by molar-refractivity contribution is -0.384. The highest BCUT2D eigenvalue weighted by molar-refractivity contribution is 15.0. The van der Waals surface area contributed by atoms with Gasteiger partial charge in [0.1, 0.15) is 0 Å². The lowest BCUT2D eigenvalue weighted by Gasteiger charge is -1.85. The van der Waals surface area contributed by atoms with Gasteiger partial charge in [-0.15, -0.1) is 0 Å². The van der Waals surface area contributed by atoms with E-state index in [1.807, 2.05) is 6.92 Å². The van der Waals surface area contributed by atoms with E-state index in [4.69, 9.17) is 0 Å². The number of methoxy groups -OCH3 is 1. The molecule has 0 atom stereocenters. The Bertz CT molecular complexity index is 248. The van der Waals surface area contributed by atoms with Crippen LogP contribution >= 0.6 is 37.2 Å². The molecule has 0 aliphatic heterocycles. The number of nitro benzene ring substituents is 1. The second-order valence-corrected chi connectivity index (χ2v) is 2.17. The zero-order chi connectivity index (χ0) is 12.1. The number of para-hydroxylation sites is 1. The Balaban J connectivity index is -0.000000209. The summed E-state index contributed by atoms with van der Waals surface area (Å²) in [7, 11) is 1.68. The first kappa shape index (κ1) is 17.4. The van der Waals surface area contributed by atoms with Gasteiger partial charge in [0.05, 0.1) is 4.92 Å². The Labute approximate surface area is 114 Å². The highest BCUT2D eigenvalue weighted by atomic mass is 128. The normalized spacial score (nSPS) is 7.73. The lowest BCUT2D eigenvalue weighted by atomic mass is 10.3. The average molecular weight is 439 g/mol. The predicted octanol–water partition coefficient (Wildman–Crippen LogP) is 4.26. The van der Waals surface area contributed by atoms with Gasteiger partial charge in [-0.2, -0.15) is 0 Å². The molecule has 15 heavy (non-hydrogen) atoms. The summed E-state index contributed by atoms with van der Waals surface area (Å²) >= 11 is 4.24. The summed E-state index contributed by atoms with van der Waals surface area (Å²) in [6, 6.07) is 7.93. The summed E-state index contributed by atoms with van der Waals surface area (Å²) in [6.07, 6.45) is 0. The molecule has 0 unspecified atom stereocenters. The van der Waals surface area contributed by atoms with Crippen LogP contribution < -0.4 is 0 Å². The van der Waals surface area contributed by atoms with Crippen LogP contribution in [0.25, 0.3) is 0 Å². The third-order valence-corrected chi connectivity index (χ3v) is 1.26. The van der Waals surface area contributed by atoms with Crippen LogP contribution in [0.2, 0.25) is 0 Å². The first-order valence-corrected chi connectivity index (χ1v) is 10.3. The number of hydrogen-bond donors (Lipinski definition) is 0. The lowest BCUT2D eigenvalue weighted by Crippen LogP contribution is -1.84. The van der Waals surface area contributed by atoms with Gasteiger partial charge < -0.3 is 4.74 Å². The van der Waals surface area contributed by atoms with Crippen molar-refractivity contribution in [2.24, 2.45) is 0 Å². The molecule has 0 aliphatic carbocycles. The van der Waals surface area contributed by atoms with Gasteiger partial charge in [-0.05, 0) is 6.92 Å². The largest absolute Gasteiger partial charge is 0.385 e. The van der Waals surface area contributed by atoms with Crippen LogP contribution in [0.4, 0.5) is 5.69 Å². The summed E-state index contributed by atoms with van der Waals surface area (Å²) < 4.78 is 4.54. The number of halogens is 2. The maximum Gasteiger partial charge on any atom is 0.269 e. The molecule has 0 spiro atoms. The van der Waals surface area contributed by atoms with E-state index >= 15 is 0 Å². The summed E-state index contributed by atoms with van der Waals surface area (Å²) in [4.78, 5) is 9.59. The number of rotatable bonds is 2. The molecule has 1 aromatic carbocycles. The first-order valence-electron chi connectivity index (χ1n) is 4.05. The van der Waals surface area contributed by atoms with Crippen molar-refractivity contribution in [1.82, 2.24) is 0 Å². The SMILES string of the molecule is CCOC.II.O=[N+]([O-])c1ccccc1.[HH]. The van der Waals surface area contributed by atoms with E-state index in [0.717, 1.165) is 6.61 Å². The van der Waals surface area contributed by atoms with Gasteiger partial charge in [0.25, 0.3) is 5.69 Å². The molecule has 0 bridgehead atoms. The minimum absolute atomic E-state index is 0. The predicted molar refractivity (Wildman–Crippen MR) is 80.8 cm³/mol. The molecule has 0 saturated heterocycles. The number of nitrogens with zero attached hydrogens (tertiary/aromatic N) is 1. The van der Waals surface area contributed by atoms with E-state index in [1.54, 1.807) is 25.3 Å². The molecule has 0 N–H and O–H groups in total. The molecule has 6 heteroatoms. The van der Waals surface area contributed by atoms with Gasteiger partial charge in [0.15, 0.2) is 0 Å². The molecule has 88 valence electrons. The van der Waals surface area contributed by atoms with Crippen LogP contribution in [0.15, 0.2) is 30.3 Å². The van der Waals surface area contributed by atoms with Crippen molar-refractivity contribution in [3.8, 4) is 0 Å². The molecule has 0 saturated carbocycles. The van der Waals surface area contributed by atoms with Crippen molar-refractivity contribution in [2.75, 3.05) is 13.7 Å². The van der Waals surface area contributed by atoms with E-state index < -0.39 is 4.92 Å². The van der Waals surface area contributed by atoms with E-state index in [9.17, 15) is 10.1 Å². The number of hydrogen-bond acceptors (Lipinski definition) is 3. The molecular formula is C9H15I2NO3. The van der Waals surface area contributed by atoms with Crippen molar-refractivity contribution in [3.63, 3.8) is 0 Å². The third kappa shape index (κ3) is 12.0. The van der Waals surface area contributed by atoms with Crippen LogP contribution in [0, 0.1) is 10.1 Å². The summed E-state index contributed by atoms with van der Waals surface area (Å²) in [6.45, 7) is 2.78. The van der Waals surface area contributed by atoms with Crippen molar-refractivity contribution in [1.29, 1.82) is 0 Å². The summed E-state index contributed by atoms with van der Waals surface area (Å²) in [5, 5.41) is 10.0. The van der Waals surface area contributed by atoms with Gasteiger partial charge in [0, 0.05) is 64.5 Å². The molecule has 1 rings (SSSR count).